The van der Waals surface area contributed by atoms with E-state index in [1.807, 2.05) is 6.07 Å². The van der Waals surface area contributed by atoms with Crippen molar-refractivity contribution in [3.63, 3.8) is 0 Å². The van der Waals surface area contributed by atoms with E-state index in [0.717, 1.165) is 42.7 Å². The molecule has 3 atom stereocenters. The lowest BCUT2D eigenvalue weighted by Gasteiger charge is -2.25. The number of pyridine rings is 1. The number of nitriles is 1. The van der Waals surface area contributed by atoms with Crippen LogP contribution in [0.2, 0.25) is 0 Å². The molecule has 0 bridgehead atoms. The van der Waals surface area contributed by atoms with Gasteiger partial charge in [-0.15, -0.1) is 37.0 Å². The van der Waals surface area contributed by atoms with E-state index in [0.29, 0.717) is 34.8 Å². The van der Waals surface area contributed by atoms with Gasteiger partial charge >= 0.3 is 0 Å². The lowest BCUT2D eigenvalue weighted by molar-refractivity contribution is 0.144. The second-order valence-electron chi connectivity index (χ2n) is 8.17. The van der Waals surface area contributed by atoms with Crippen LogP contribution in [0.25, 0.3) is 0 Å². The predicted molar refractivity (Wildman–Crippen MR) is 141 cm³/mol. The van der Waals surface area contributed by atoms with Crippen molar-refractivity contribution < 1.29 is 9.84 Å². The molecule has 2 aromatic rings. The first-order valence-corrected chi connectivity index (χ1v) is 12.1. The summed E-state index contributed by atoms with van der Waals surface area (Å²) >= 11 is 1.43. The fourth-order valence-electron chi connectivity index (χ4n) is 4.44. The molecule has 9 heteroatoms. The third kappa shape index (κ3) is 6.53. The normalized spacial score (nSPS) is 20.2. The second kappa shape index (κ2) is 13.4. The van der Waals surface area contributed by atoms with Gasteiger partial charge in [0.2, 0.25) is 5.88 Å². The van der Waals surface area contributed by atoms with Crippen molar-refractivity contribution >= 4 is 22.2 Å². The number of anilines is 1. The number of aliphatic imine (C=N–C) groups is 1. The fourth-order valence-corrected chi connectivity index (χ4v) is 5.57. The van der Waals surface area contributed by atoms with Gasteiger partial charge < -0.3 is 26.2 Å². The van der Waals surface area contributed by atoms with Crippen LogP contribution in [0, 0.1) is 37.0 Å². The van der Waals surface area contributed by atoms with Crippen molar-refractivity contribution in [1.29, 1.82) is 5.26 Å². The first-order valence-electron chi connectivity index (χ1n) is 11.3. The van der Waals surface area contributed by atoms with Crippen LogP contribution in [0.4, 0.5) is 5.00 Å². The van der Waals surface area contributed by atoms with Crippen LogP contribution in [0.1, 0.15) is 53.3 Å². The maximum Gasteiger partial charge on any atom is 0.213 e. The van der Waals surface area contributed by atoms with Gasteiger partial charge in [-0.3, -0.25) is 0 Å². The summed E-state index contributed by atoms with van der Waals surface area (Å²) < 4.78 is 5.88. The summed E-state index contributed by atoms with van der Waals surface area (Å²) in [5.41, 5.74) is 13.9. The number of ether oxygens (including phenoxy) is 1. The van der Waals surface area contributed by atoms with Gasteiger partial charge in [0.25, 0.3) is 0 Å². The lowest BCUT2D eigenvalue weighted by atomic mass is 9.84. The largest absolute Gasteiger partial charge is 0.476 e. The van der Waals surface area contributed by atoms with Crippen LogP contribution in [0.3, 0.4) is 0 Å². The number of thiophene rings is 1. The van der Waals surface area contributed by atoms with E-state index < -0.39 is 6.23 Å². The van der Waals surface area contributed by atoms with Gasteiger partial charge in [0.05, 0.1) is 5.56 Å². The number of aliphatic hydroxyl groups is 1. The van der Waals surface area contributed by atoms with E-state index in [1.165, 1.54) is 17.8 Å². The molecule has 1 saturated heterocycles. The zero-order valence-electron chi connectivity index (χ0n) is 19.9. The van der Waals surface area contributed by atoms with Crippen molar-refractivity contribution in [3.05, 3.63) is 39.9 Å². The van der Waals surface area contributed by atoms with Crippen molar-refractivity contribution in [1.82, 2.24) is 9.88 Å². The lowest BCUT2D eigenvalue weighted by Crippen LogP contribution is -2.30. The van der Waals surface area contributed by atoms with Gasteiger partial charge in [0.15, 0.2) is 6.23 Å². The molecular formula is C26H32N6O2S. The number of aromatic nitrogens is 1. The van der Waals surface area contributed by atoms with Crippen LogP contribution >= 0.6 is 11.3 Å². The molecule has 184 valence electrons. The summed E-state index contributed by atoms with van der Waals surface area (Å²) in [6.07, 6.45) is 19.7. The second-order valence-corrected chi connectivity index (χ2v) is 9.30. The number of nitrogen functional groups attached to an aromatic ring is 1. The smallest absolute Gasteiger partial charge is 0.213 e. The molecule has 0 amide bonds. The number of hydrogen-bond acceptors (Lipinski definition) is 8. The Morgan fingerprint density at radius 1 is 1.34 bits per heavy atom. The highest BCUT2D eigenvalue weighted by atomic mass is 32.1. The summed E-state index contributed by atoms with van der Waals surface area (Å²) in [6.45, 7) is 1.67. The molecule has 2 aromatic heterocycles. The molecule has 4 rings (SSSR count). The molecule has 0 radical (unpaired) electrons. The minimum atomic E-state index is -1.07. The Hall–Kier alpha value is -3.55. The first kappa shape index (κ1) is 27.7. The molecule has 1 aliphatic heterocycles. The molecule has 0 saturated carbocycles. The van der Waals surface area contributed by atoms with Gasteiger partial charge in [-0.05, 0) is 57.3 Å². The van der Waals surface area contributed by atoms with E-state index in [9.17, 15) is 10.4 Å². The van der Waals surface area contributed by atoms with Gasteiger partial charge in [0.1, 0.15) is 29.2 Å². The van der Waals surface area contributed by atoms with Crippen molar-refractivity contribution in [2.45, 2.75) is 50.3 Å². The molecule has 3 heterocycles. The number of rotatable bonds is 6. The number of nitrogens with two attached hydrogens (primary N) is 2. The Kier molecular flexibility index (Phi) is 10.6. The zero-order chi connectivity index (χ0) is 26.0. The fraction of sp³-hybridized carbons (Fsp3) is 0.423. The molecule has 2 aliphatic rings. The summed E-state index contributed by atoms with van der Waals surface area (Å²) in [5.74, 6) is 0.329. The standard InChI is InChI=1S/C22H28N6O2S.2C2H2/c1-28-10-4-5-13(28)12-30-18-9-3-7-16(26-18)20(24)27-22(29)14-6-2-8-17-19(14)15(11-23)21(25)31-17;2*1-2/h3,7,9,13-14,22,29H,2,4-6,8,10,12,25H2,1H3,(H2,24,27);2*1-2H/t13-,14?,22?;;/m0../s1. The number of likely N-dealkylation sites (tertiary alicyclic amines) is 1. The van der Waals surface area contributed by atoms with Crippen LogP contribution in [-0.4, -0.2) is 53.3 Å². The molecule has 35 heavy (non-hydrogen) atoms. The minimum Gasteiger partial charge on any atom is -0.476 e. The summed E-state index contributed by atoms with van der Waals surface area (Å²) in [5, 5.41) is 20.9. The summed E-state index contributed by atoms with van der Waals surface area (Å²) in [7, 11) is 2.10. The Balaban J connectivity index is 0.00000103. The molecule has 8 nitrogen and oxygen atoms in total. The molecule has 1 aliphatic carbocycles. The topological polar surface area (TPSA) is 134 Å². The predicted octanol–water partition coefficient (Wildman–Crippen LogP) is 2.71. The number of aliphatic hydroxyl groups excluding tert-OH is 1. The molecule has 0 spiro atoms. The average molecular weight is 493 g/mol. The van der Waals surface area contributed by atoms with Crippen molar-refractivity contribution in [2.75, 3.05) is 25.9 Å². The molecule has 1 fully saturated rings. The minimum absolute atomic E-state index is 0.143. The quantitative estimate of drug-likeness (QED) is 0.321. The SMILES string of the molecule is C#C.C#C.CN1CCC[C@H]1COc1cccc(/C(N)=N/C(O)C2CCCc3sc(N)c(C#N)c32)n1. The maximum absolute atomic E-state index is 10.8. The van der Waals surface area contributed by atoms with E-state index in [4.69, 9.17) is 16.2 Å². The average Bonchev–Trinajstić information content (AvgIpc) is 3.46. The Morgan fingerprint density at radius 2 is 2.09 bits per heavy atom. The maximum atomic E-state index is 10.8. The first-order chi connectivity index (χ1) is 17.0. The number of terminal acetylenes is 2. The summed E-state index contributed by atoms with van der Waals surface area (Å²) in [4.78, 5) is 12.1. The van der Waals surface area contributed by atoms with Crippen LogP contribution in [0.5, 0.6) is 5.88 Å². The van der Waals surface area contributed by atoms with E-state index in [1.54, 1.807) is 12.1 Å². The molecule has 2 unspecified atom stereocenters. The third-order valence-corrected chi connectivity index (χ3v) is 7.26. The third-order valence-electron chi connectivity index (χ3n) is 6.16. The Bertz CT molecular complexity index is 1090. The van der Waals surface area contributed by atoms with Crippen molar-refractivity contribution in [2.24, 2.45) is 10.7 Å². The number of amidine groups is 1. The van der Waals surface area contributed by atoms with Crippen LogP contribution in [0.15, 0.2) is 23.2 Å². The molecular weight excluding hydrogens is 460 g/mol. The van der Waals surface area contributed by atoms with Gasteiger partial charge in [-0.25, -0.2) is 9.98 Å². The number of hydrogen-bond donors (Lipinski definition) is 3. The highest BCUT2D eigenvalue weighted by Crippen LogP contribution is 2.43. The van der Waals surface area contributed by atoms with Crippen LogP contribution in [-0.2, 0) is 6.42 Å². The van der Waals surface area contributed by atoms with Gasteiger partial charge in [-0.1, -0.05) is 6.07 Å². The highest BCUT2D eigenvalue weighted by molar-refractivity contribution is 7.16. The summed E-state index contributed by atoms with van der Waals surface area (Å²) in [6, 6.07) is 7.93. The number of likely N-dealkylation sites (N-methyl/N-ethyl adjacent to an activating group) is 1. The Morgan fingerprint density at radius 3 is 2.74 bits per heavy atom. The molecule has 0 aromatic carbocycles. The van der Waals surface area contributed by atoms with Crippen LogP contribution < -0.4 is 16.2 Å². The zero-order valence-corrected chi connectivity index (χ0v) is 20.7. The van der Waals surface area contributed by atoms with E-state index in [2.05, 4.69) is 53.7 Å². The Labute approximate surface area is 211 Å². The van der Waals surface area contributed by atoms with E-state index >= 15 is 0 Å². The van der Waals surface area contributed by atoms with Gasteiger partial charge in [0, 0.05) is 22.9 Å². The number of aryl methyl sites for hydroxylation is 1. The number of nitrogens with zero attached hydrogens (tertiary/aromatic N) is 4. The van der Waals surface area contributed by atoms with Crippen molar-refractivity contribution in [3.8, 4) is 37.6 Å². The van der Waals surface area contributed by atoms with Gasteiger partial charge in [-0.2, -0.15) is 5.26 Å². The molecule has 5 N–H and O–H groups in total. The monoisotopic (exact) mass is 492 g/mol. The van der Waals surface area contributed by atoms with E-state index in [-0.39, 0.29) is 11.8 Å². The number of fused-ring (bicyclic) bond motifs is 1. The highest BCUT2D eigenvalue weighted by Gasteiger charge is 2.32.